The number of amides is 1. The Labute approximate surface area is 149 Å². The second kappa shape index (κ2) is 7.41. The summed E-state index contributed by atoms with van der Waals surface area (Å²) in [5, 5.41) is 2.32. The van der Waals surface area contributed by atoms with E-state index in [1.807, 2.05) is 5.32 Å². The van der Waals surface area contributed by atoms with Gasteiger partial charge in [-0.25, -0.2) is 0 Å². The SMILES string of the molecule is O=C(/C=C/c1ccccc1Cl)Nc1cc(C(F)(F)F)cc(C(F)(F)F)c1. The number of anilines is 1. The van der Waals surface area contributed by atoms with Gasteiger partial charge in [-0.2, -0.15) is 26.3 Å². The Kier molecular flexibility index (Phi) is 5.65. The lowest BCUT2D eigenvalue weighted by Gasteiger charge is -2.14. The summed E-state index contributed by atoms with van der Waals surface area (Å²) in [6.07, 6.45) is -7.74. The number of hydrogen-bond donors (Lipinski definition) is 1. The second-order valence-corrected chi connectivity index (χ2v) is 5.55. The fourth-order valence-corrected chi connectivity index (χ4v) is 2.19. The monoisotopic (exact) mass is 393 g/mol. The van der Waals surface area contributed by atoms with Crippen molar-refractivity contribution in [2.75, 3.05) is 5.32 Å². The Bertz CT molecular complexity index is 810. The van der Waals surface area contributed by atoms with Crippen LogP contribution in [0.3, 0.4) is 0 Å². The molecule has 2 aromatic rings. The van der Waals surface area contributed by atoms with Crippen LogP contribution in [0.1, 0.15) is 16.7 Å². The number of halogens is 7. The van der Waals surface area contributed by atoms with Gasteiger partial charge in [0.15, 0.2) is 0 Å². The summed E-state index contributed by atoms with van der Waals surface area (Å²) in [7, 11) is 0. The fraction of sp³-hybridized carbons (Fsp3) is 0.118. The number of rotatable bonds is 3. The van der Waals surface area contributed by atoms with Crippen LogP contribution in [0.2, 0.25) is 5.02 Å². The topological polar surface area (TPSA) is 29.1 Å². The van der Waals surface area contributed by atoms with Gasteiger partial charge >= 0.3 is 12.4 Å². The number of benzene rings is 2. The maximum atomic E-state index is 12.8. The minimum absolute atomic E-state index is 0.0186. The van der Waals surface area contributed by atoms with E-state index in [1.165, 1.54) is 6.08 Å². The van der Waals surface area contributed by atoms with E-state index in [2.05, 4.69) is 0 Å². The molecule has 0 aliphatic rings. The van der Waals surface area contributed by atoms with Gasteiger partial charge in [-0.15, -0.1) is 0 Å². The van der Waals surface area contributed by atoms with Crippen LogP contribution < -0.4 is 5.32 Å². The second-order valence-electron chi connectivity index (χ2n) is 5.14. The Morgan fingerprint density at radius 2 is 1.46 bits per heavy atom. The zero-order chi connectivity index (χ0) is 19.5. The molecule has 2 aromatic carbocycles. The largest absolute Gasteiger partial charge is 0.416 e. The van der Waals surface area contributed by atoms with Gasteiger partial charge in [-0.3, -0.25) is 4.79 Å². The lowest BCUT2D eigenvalue weighted by atomic mass is 10.1. The van der Waals surface area contributed by atoms with Gasteiger partial charge < -0.3 is 5.32 Å². The maximum absolute atomic E-state index is 12.8. The quantitative estimate of drug-likeness (QED) is 0.500. The molecule has 0 aliphatic heterocycles. The smallest absolute Gasteiger partial charge is 0.322 e. The first-order valence-corrected chi connectivity index (χ1v) is 7.38. The average molecular weight is 394 g/mol. The Morgan fingerprint density at radius 1 is 0.923 bits per heavy atom. The first-order chi connectivity index (χ1) is 12.0. The van der Waals surface area contributed by atoms with E-state index < -0.39 is 35.1 Å². The molecule has 0 aromatic heterocycles. The molecule has 2 nitrogen and oxygen atoms in total. The highest BCUT2D eigenvalue weighted by Gasteiger charge is 2.37. The Hall–Kier alpha value is -2.48. The lowest BCUT2D eigenvalue weighted by molar-refractivity contribution is -0.143. The van der Waals surface area contributed by atoms with Crippen LogP contribution in [0.25, 0.3) is 6.08 Å². The van der Waals surface area contributed by atoms with Gasteiger partial charge in [0.1, 0.15) is 0 Å². The van der Waals surface area contributed by atoms with E-state index in [0.717, 1.165) is 6.08 Å². The third-order valence-corrected chi connectivity index (χ3v) is 3.52. The van der Waals surface area contributed by atoms with Crippen molar-refractivity contribution in [1.82, 2.24) is 0 Å². The van der Waals surface area contributed by atoms with Crippen molar-refractivity contribution >= 4 is 29.3 Å². The average Bonchev–Trinajstić information content (AvgIpc) is 2.52. The van der Waals surface area contributed by atoms with E-state index in [1.54, 1.807) is 24.3 Å². The molecule has 0 fully saturated rings. The molecule has 0 radical (unpaired) electrons. The van der Waals surface area contributed by atoms with Crippen molar-refractivity contribution in [3.63, 3.8) is 0 Å². The standard InChI is InChI=1S/C17H10ClF6NO/c18-14-4-2-1-3-10(14)5-6-15(26)25-13-8-11(16(19,20)21)7-12(9-13)17(22,23)24/h1-9H,(H,25,26)/b6-5+. The molecule has 0 saturated heterocycles. The highest BCUT2D eigenvalue weighted by molar-refractivity contribution is 6.32. The first-order valence-electron chi connectivity index (χ1n) is 7.00. The zero-order valence-electron chi connectivity index (χ0n) is 12.8. The third kappa shape index (κ3) is 5.26. The minimum Gasteiger partial charge on any atom is -0.322 e. The van der Waals surface area contributed by atoms with E-state index in [0.29, 0.717) is 22.7 Å². The molecular weight excluding hydrogens is 384 g/mol. The Balaban J connectivity index is 2.28. The first kappa shape index (κ1) is 19.8. The van der Waals surface area contributed by atoms with Crippen LogP contribution in [-0.2, 0) is 17.1 Å². The van der Waals surface area contributed by atoms with Crippen LogP contribution in [0.5, 0.6) is 0 Å². The Morgan fingerprint density at radius 3 is 1.96 bits per heavy atom. The summed E-state index contributed by atoms with van der Waals surface area (Å²) in [6, 6.07) is 7.27. The van der Waals surface area contributed by atoms with E-state index in [9.17, 15) is 31.1 Å². The number of alkyl halides is 6. The van der Waals surface area contributed by atoms with Gasteiger partial charge in [0.25, 0.3) is 0 Å². The summed E-state index contributed by atoms with van der Waals surface area (Å²) >= 11 is 5.88. The van der Waals surface area contributed by atoms with Gasteiger partial charge in [0.05, 0.1) is 11.1 Å². The number of nitrogens with one attached hydrogen (secondary N) is 1. The highest BCUT2D eigenvalue weighted by Crippen LogP contribution is 2.37. The van der Waals surface area contributed by atoms with Gasteiger partial charge in [-0.05, 0) is 35.9 Å². The van der Waals surface area contributed by atoms with Gasteiger partial charge in [0.2, 0.25) is 5.91 Å². The predicted molar refractivity (Wildman–Crippen MR) is 85.6 cm³/mol. The van der Waals surface area contributed by atoms with E-state index >= 15 is 0 Å². The molecule has 1 N–H and O–H groups in total. The van der Waals surface area contributed by atoms with Crippen molar-refractivity contribution < 1.29 is 31.1 Å². The molecule has 9 heteroatoms. The molecule has 2 rings (SSSR count). The fourth-order valence-electron chi connectivity index (χ4n) is 1.99. The molecule has 0 spiro atoms. The zero-order valence-corrected chi connectivity index (χ0v) is 13.5. The van der Waals surface area contributed by atoms with Gasteiger partial charge in [-0.1, -0.05) is 29.8 Å². The third-order valence-electron chi connectivity index (χ3n) is 3.17. The van der Waals surface area contributed by atoms with Crippen molar-refractivity contribution in [3.8, 4) is 0 Å². The minimum atomic E-state index is -4.99. The van der Waals surface area contributed by atoms with E-state index in [4.69, 9.17) is 11.6 Å². The number of hydrogen-bond acceptors (Lipinski definition) is 1. The predicted octanol–water partition coefficient (Wildman–Crippen LogP) is 6.03. The number of carbonyl (C=O) groups excluding carboxylic acids is 1. The van der Waals surface area contributed by atoms with Crippen LogP contribution in [-0.4, -0.2) is 5.91 Å². The molecule has 0 atom stereocenters. The molecule has 0 saturated carbocycles. The van der Waals surface area contributed by atoms with Crippen molar-refractivity contribution in [3.05, 3.63) is 70.3 Å². The molecule has 0 heterocycles. The molecule has 0 bridgehead atoms. The molecule has 0 aliphatic carbocycles. The van der Waals surface area contributed by atoms with Gasteiger partial charge in [0, 0.05) is 16.8 Å². The molecular formula is C17H10ClF6NO. The summed E-state index contributed by atoms with van der Waals surface area (Å²) in [5.41, 5.74) is -3.19. The van der Waals surface area contributed by atoms with Crippen molar-refractivity contribution in [1.29, 1.82) is 0 Å². The summed E-state index contributed by atoms with van der Waals surface area (Å²) in [6.45, 7) is 0. The van der Waals surface area contributed by atoms with Crippen molar-refractivity contribution in [2.45, 2.75) is 12.4 Å². The lowest BCUT2D eigenvalue weighted by Crippen LogP contribution is -2.14. The number of carbonyl (C=O) groups is 1. The summed E-state index contributed by atoms with van der Waals surface area (Å²) < 4.78 is 76.7. The van der Waals surface area contributed by atoms with E-state index in [-0.39, 0.29) is 6.07 Å². The maximum Gasteiger partial charge on any atom is 0.416 e. The van der Waals surface area contributed by atoms with Crippen LogP contribution >= 0.6 is 11.6 Å². The molecule has 0 unspecified atom stereocenters. The molecule has 26 heavy (non-hydrogen) atoms. The van der Waals surface area contributed by atoms with Crippen molar-refractivity contribution in [2.24, 2.45) is 0 Å². The molecule has 138 valence electrons. The van der Waals surface area contributed by atoms with Crippen LogP contribution in [0.4, 0.5) is 32.0 Å². The molecule has 1 amide bonds. The normalized spacial score (nSPS) is 12.4. The highest BCUT2D eigenvalue weighted by atomic mass is 35.5. The van der Waals surface area contributed by atoms with Crippen LogP contribution in [0.15, 0.2) is 48.5 Å². The summed E-state index contributed by atoms with van der Waals surface area (Å²) in [4.78, 5) is 11.8. The summed E-state index contributed by atoms with van der Waals surface area (Å²) in [5.74, 6) is -0.905. The van der Waals surface area contributed by atoms with Crippen LogP contribution in [0, 0.1) is 0 Å².